The van der Waals surface area contributed by atoms with Crippen LogP contribution in [0.25, 0.3) is 0 Å². The van der Waals surface area contributed by atoms with Crippen molar-refractivity contribution in [3.8, 4) is 0 Å². The van der Waals surface area contributed by atoms with Gasteiger partial charge < -0.3 is 10.4 Å². The van der Waals surface area contributed by atoms with Crippen LogP contribution in [0.1, 0.15) is 24.4 Å². The number of aliphatic hydroxyl groups is 1. The summed E-state index contributed by atoms with van der Waals surface area (Å²) in [4.78, 5) is 8.10. The van der Waals surface area contributed by atoms with Gasteiger partial charge in [-0.05, 0) is 13.8 Å². The monoisotopic (exact) mass is 231 g/mol. The van der Waals surface area contributed by atoms with Crippen molar-refractivity contribution in [2.24, 2.45) is 0 Å². The zero-order valence-electron chi connectivity index (χ0n) is 9.24. The number of alkyl halides is 2. The van der Waals surface area contributed by atoms with Crippen molar-refractivity contribution in [2.45, 2.75) is 25.8 Å². The van der Waals surface area contributed by atoms with Gasteiger partial charge in [0.2, 0.25) is 0 Å². The van der Waals surface area contributed by atoms with Crippen LogP contribution in [0.15, 0.2) is 12.4 Å². The SMILES string of the molecule is Cc1nccnc1C(C)NCC(F)(F)CO. The van der Waals surface area contributed by atoms with E-state index in [2.05, 4.69) is 15.3 Å². The van der Waals surface area contributed by atoms with Crippen molar-refractivity contribution in [2.75, 3.05) is 13.2 Å². The molecule has 1 heterocycles. The van der Waals surface area contributed by atoms with E-state index in [0.29, 0.717) is 11.4 Å². The number of aryl methyl sites for hydroxylation is 1. The molecule has 6 heteroatoms. The molecule has 0 aromatic carbocycles. The molecule has 1 aromatic rings. The van der Waals surface area contributed by atoms with E-state index in [4.69, 9.17) is 5.11 Å². The molecule has 0 radical (unpaired) electrons. The molecule has 0 amide bonds. The molecule has 0 aliphatic carbocycles. The molecular formula is C10H15F2N3O. The van der Waals surface area contributed by atoms with Crippen LogP contribution in [-0.4, -0.2) is 34.1 Å². The predicted molar refractivity (Wildman–Crippen MR) is 55.2 cm³/mol. The van der Waals surface area contributed by atoms with Crippen LogP contribution in [0.2, 0.25) is 0 Å². The van der Waals surface area contributed by atoms with Gasteiger partial charge in [-0.15, -0.1) is 0 Å². The minimum Gasteiger partial charge on any atom is -0.390 e. The lowest BCUT2D eigenvalue weighted by molar-refractivity contribution is -0.0491. The summed E-state index contributed by atoms with van der Waals surface area (Å²) in [5, 5.41) is 11.0. The van der Waals surface area contributed by atoms with Gasteiger partial charge in [0.25, 0.3) is 5.92 Å². The van der Waals surface area contributed by atoms with Crippen molar-refractivity contribution in [1.82, 2.24) is 15.3 Å². The number of nitrogens with one attached hydrogen (secondary N) is 1. The third-order valence-corrected chi connectivity index (χ3v) is 2.23. The number of nitrogens with zero attached hydrogens (tertiary/aromatic N) is 2. The Morgan fingerprint density at radius 1 is 1.44 bits per heavy atom. The summed E-state index contributed by atoms with van der Waals surface area (Å²) in [6, 6.07) is -0.328. The van der Waals surface area contributed by atoms with Gasteiger partial charge in [0, 0.05) is 18.4 Å². The van der Waals surface area contributed by atoms with Crippen molar-refractivity contribution in [3.05, 3.63) is 23.8 Å². The Bertz CT molecular complexity index is 347. The number of hydrogen-bond donors (Lipinski definition) is 2. The maximum Gasteiger partial charge on any atom is 0.282 e. The smallest absolute Gasteiger partial charge is 0.282 e. The van der Waals surface area contributed by atoms with Crippen LogP contribution >= 0.6 is 0 Å². The molecule has 16 heavy (non-hydrogen) atoms. The first-order chi connectivity index (χ1) is 7.46. The summed E-state index contributed by atoms with van der Waals surface area (Å²) >= 11 is 0. The van der Waals surface area contributed by atoms with E-state index in [0.717, 1.165) is 0 Å². The summed E-state index contributed by atoms with van der Waals surface area (Å²) in [6.07, 6.45) is 3.07. The van der Waals surface area contributed by atoms with Gasteiger partial charge in [-0.25, -0.2) is 8.78 Å². The molecule has 0 spiro atoms. The van der Waals surface area contributed by atoms with Crippen LogP contribution in [0.4, 0.5) is 8.78 Å². The molecule has 0 aliphatic rings. The standard InChI is InChI=1S/C10H15F2N3O/c1-7-9(14-4-3-13-7)8(2)15-5-10(11,12)6-16/h3-4,8,15-16H,5-6H2,1-2H3. The Morgan fingerprint density at radius 3 is 2.62 bits per heavy atom. The normalized spacial score (nSPS) is 13.8. The van der Waals surface area contributed by atoms with Crippen LogP contribution in [0.3, 0.4) is 0 Å². The van der Waals surface area contributed by atoms with Crippen LogP contribution in [0, 0.1) is 6.92 Å². The minimum absolute atomic E-state index is 0.328. The number of aromatic nitrogens is 2. The maximum atomic E-state index is 12.8. The second-order valence-electron chi connectivity index (χ2n) is 3.64. The fourth-order valence-electron chi connectivity index (χ4n) is 1.30. The van der Waals surface area contributed by atoms with E-state index in [-0.39, 0.29) is 6.04 Å². The highest BCUT2D eigenvalue weighted by Crippen LogP contribution is 2.15. The average Bonchev–Trinajstić information content (AvgIpc) is 2.27. The molecule has 1 aromatic heterocycles. The van der Waals surface area contributed by atoms with Crippen LogP contribution < -0.4 is 5.32 Å². The Labute approximate surface area is 92.7 Å². The molecule has 1 atom stereocenters. The average molecular weight is 231 g/mol. The highest BCUT2D eigenvalue weighted by Gasteiger charge is 2.28. The molecule has 90 valence electrons. The molecule has 0 fully saturated rings. The van der Waals surface area contributed by atoms with E-state index in [1.165, 1.54) is 6.20 Å². The van der Waals surface area contributed by atoms with Crippen LogP contribution in [0.5, 0.6) is 0 Å². The first-order valence-corrected chi connectivity index (χ1v) is 4.96. The van der Waals surface area contributed by atoms with Gasteiger partial charge >= 0.3 is 0 Å². The first kappa shape index (κ1) is 12.9. The van der Waals surface area contributed by atoms with Gasteiger partial charge in [0.1, 0.15) is 6.61 Å². The molecule has 4 nitrogen and oxygen atoms in total. The van der Waals surface area contributed by atoms with E-state index in [9.17, 15) is 8.78 Å². The summed E-state index contributed by atoms with van der Waals surface area (Å²) < 4.78 is 25.6. The van der Waals surface area contributed by atoms with Gasteiger partial charge in [0.15, 0.2) is 0 Å². The van der Waals surface area contributed by atoms with Gasteiger partial charge in [-0.1, -0.05) is 0 Å². The zero-order valence-corrected chi connectivity index (χ0v) is 9.24. The summed E-state index contributed by atoms with van der Waals surface area (Å²) in [5.41, 5.74) is 1.34. The lowest BCUT2D eigenvalue weighted by Gasteiger charge is -2.19. The van der Waals surface area contributed by atoms with Crippen molar-refractivity contribution in [3.63, 3.8) is 0 Å². The summed E-state index contributed by atoms with van der Waals surface area (Å²) in [6.45, 7) is 1.75. The van der Waals surface area contributed by atoms with E-state index in [1.807, 2.05) is 0 Å². The fourth-order valence-corrected chi connectivity index (χ4v) is 1.30. The number of hydrogen-bond acceptors (Lipinski definition) is 4. The first-order valence-electron chi connectivity index (χ1n) is 4.96. The second-order valence-corrected chi connectivity index (χ2v) is 3.64. The Morgan fingerprint density at radius 2 is 2.06 bits per heavy atom. The van der Waals surface area contributed by atoms with Gasteiger partial charge in [-0.3, -0.25) is 9.97 Å². The Hall–Kier alpha value is -1.14. The summed E-state index contributed by atoms with van der Waals surface area (Å²) in [7, 11) is 0. The van der Waals surface area contributed by atoms with Crippen LogP contribution in [-0.2, 0) is 0 Å². The molecule has 0 saturated carbocycles. The number of aliphatic hydroxyl groups excluding tert-OH is 1. The van der Waals surface area contributed by atoms with Gasteiger partial charge in [0.05, 0.1) is 17.9 Å². The molecule has 2 N–H and O–H groups in total. The highest BCUT2D eigenvalue weighted by atomic mass is 19.3. The molecule has 0 bridgehead atoms. The Balaban J connectivity index is 2.60. The Kier molecular flexibility index (Phi) is 4.26. The summed E-state index contributed by atoms with van der Waals surface area (Å²) in [5.74, 6) is -3.11. The lowest BCUT2D eigenvalue weighted by Crippen LogP contribution is -2.37. The third-order valence-electron chi connectivity index (χ3n) is 2.23. The van der Waals surface area contributed by atoms with Crippen molar-refractivity contribution in [1.29, 1.82) is 0 Å². The molecular weight excluding hydrogens is 216 g/mol. The number of halogens is 2. The topological polar surface area (TPSA) is 58.0 Å². The molecule has 1 rings (SSSR count). The molecule has 0 aliphatic heterocycles. The zero-order chi connectivity index (χ0) is 12.2. The number of rotatable bonds is 5. The fraction of sp³-hybridized carbons (Fsp3) is 0.600. The van der Waals surface area contributed by atoms with Gasteiger partial charge in [-0.2, -0.15) is 0 Å². The van der Waals surface area contributed by atoms with Crippen molar-refractivity contribution >= 4 is 0 Å². The molecule has 0 saturated heterocycles. The van der Waals surface area contributed by atoms with Crippen molar-refractivity contribution < 1.29 is 13.9 Å². The maximum absolute atomic E-state index is 12.8. The second kappa shape index (κ2) is 5.27. The quantitative estimate of drug-likeness (QED) is 0.795. The van der Waals surface area contributed by atoms with E-state index < -0.39 is 19.1 Å². The largest absolute Gasteiger partial charge is 0.390 e. The third kappa shape index (κ3) is 3.46. The van der Waals surface area contributed by atoms with E-state index >= 15 is 0 Å². The highest BCUT2D eigenvalue weighted by molar-refractivity contribution is 5.12. The molecule has 1 unspecified atom stereocenters. The predicted octanol–water partition coefficient (Wildman–Crippen LogP) is 1.06. The lowest BCUT2D eigenvalue weighted by atomic mass is 10.2. The van der Waals surface area contributed by atoms with E-state index in [1.54, 1.807) is 20.0 Å². The minimum atomic E-state index is -3.11.